The molecule has 0 N–H and O–H groups in total. The average Bonchev–Trinajstić information content (AvgIpc) is 2.98. The van der Waals surface area contributed by atoms with Gasteiger partial charge < -0.3 is 13.9 Å². The molecule has 1 aromatic rings. The van der Waals surface area contributed by atoms with Crippen LogP contribution in [0.3, 0.4) is 0 Å². The zero-order valence-electron chi connectivity index (χ0n) is 13.6. The number of carbonyl (C=O) groups is 1. The number of furan rings is 1. The van der Waals surface area contributed by atoms with Crippen LogP contribution in [0, 0.1) is 5.92 Å². The minimum absolute atomic E-state index is 0.0869. The van der Waals surface area contributed by atoms with Crippen LogP contribution in [0.1, 0.15) is 44.6 Å². The van der Waals surface area contributed by atoms with Crippen LogP contribution in [0.15, 0.2) is 34.3 Å². The highest BCUT2D eigenvalue weighted by Crippen LogP contribution is 2.52. The smallest absolute Gasteiger partial charge is 0.341 e. The molecule has 4 bridgehead atoms. The van der Waals surface area contributed by atoms with Crippen LogP contribution in [0.4, 0.5) is 0 Å². The number of epoxide rings is 1. The topological polar surface area (TPSA) is 52.0 Å². The third-order valence-corrected chi connectivity index (χ3v) is 5.28. The van der Waals surface area contributed by atoms with E-state index in [2.05, 4.69) is 6.58 Å². The second-order valence-corrected chi connectivity index (χ2v) is 7.16. The first-order valence-corrected chi connectivity index (χ1v) is 8.28. The zero-order valence-corrected chi connectivity index (χ0v) is 13.6. The van der Waals surface area contributed by atoms with Gasteiger partial charge in [0.15, 0.2) is 5.60 Å². The minimum atomic E-state index is -0.694. The van der Waals surface area contributed by atoms with E-state index in [1.807, 2.05) is 32.1 Å². The summed E-state index contributed by atoms with van der Waals surface area (Å²) in [6.45, 7) is 8.18. The van der Waals surface area contributed by atoms with Crippen molar-refractivity contribution in [3.8, 4) is 0 Å². The summed E-state index contributed by atoms with van der Waals surface area (Å²) in [5.41, 5.74) is 1.55. The van der Waals surface area contributed by atoms with Crippen molar-refractivity contribution in [3.05, 3.63) is 41.4 Å². The van der Waals surface area contributed by atoms with Crippen molar-refractivity contribution in [1.82, 2.24) is 0 Å². The lowest BCUT2D eigenvalue weighted by molar-refractivity contribution is -0.154. The number of esters is 1. The maximum Gasteiger partial charge on any atom is 0.341 e. The number of fused-ring (bicyclic) bond motifs is 2. The normalized spacial score (nSPS) is 38.3. The number of carbonyl (C=O) groups excluding carboxylic acids is 1. The molecule has 3 aliphatic rings. The van der Waals surface area contributed by atoms with Crippen molar-refractivity contribution in [2.24, 2.45) is 5.92 Å². The first-order valence-electron chi connectivity index (χ1n) is 8.28. The molecule has 1 aromatic heterocycles. The molecule has 3 aliphatic heterocycles. The minimum Gasteiger partial charge on any atom is -0.462 e. The van der Waals surface area contributed by atoms with Gasteiger partial charge in [-0.05, 0) is 50.8 Å². The molecule has 4 nitrogen and oxygen atoms in total. The highest BCUT2D eigenvalue weighted by atomic mass is 16.7. The van der Waals surface area contributed by atoms with Gasteiger partial charge in [-0.1, -0.05) is 17.7 Å². The number of rotatable bonds is 1. The standard InChI is InChI=1S/C19H22O4/c1-11(2)13-6-7-19-17(23-19)16(22-18(19)20)9-12(3)8-14-4-5-15(10-13)21-14/h4-5,8,13,16-17H,1,6-7,9-10H2,2-3H3/b12-8-/t13-,16+,17+,19+/m1/s1. The summed E-state index contributed by atoms with van der Waals surface area (Å²) in [5.74, 6) is 1.92. The molecule has 4 atom stereocenters. The molecule has 2 saturated heterocycles. The molecule has 4 heterocycles. The van der Waals surface area contributed by atoms with Gasteiger partial charge in [-0.2, -0.15) is 0 Å². The molecule has 0 spiro atoms. The third-order valence-electron chi connectivity index (χ3n) is 5.28. The Morgan fingerprint density at radius 2 is 2.17 bits per heavy atom. The van der Waals surface area contributed by atoms with E-state index in [0.717, 1.165) is 35.5 Å². The molecule has 4 heteroatoms. The SMILES string of the molecule is C=C(C)[C@@H]1CC[C@]23O[C@H]2[C@H](C/C(C)=C\c2ccc(o2)C1)OC3=O. The summed E-state index contributed by atoms with van der Waals surface area (Å²) in [7, 11) is 0. The lowest BCUT2D eigenvalue weighted by atomic mass is 9.87. The maximum atomic E-state index is 12.3. The van der Waals surface area contributed by atoms with Crippen LogP contribution in [0.25, 0.3) is 6.08 Å². The number of ether oxygens (including phenoxy) is 2. The Morgan fingerprint density at radius 3 is 2.91 bits per heavy atom. The Labute approximate surface area is 136 Å². The van der Waals surface area contributed by atoms with E-state index in [1.54, 1.807) is 0 Å². The molecule has 0 amide bonds. The molecule has 0 aliphatic carbocycles. The first-order chi connectivity index (χ1) is 11.0. The van der Waals surface area contributed by atoms with Crippen molar-refractivity contribution in [3.63, 3.8) is 0 Å². The van der Waals surface area contributed by atoms with Crippen LogP contribution in [-0.4, -0.2) is 23.8 Å². The Hall–Kier alpha value is -1.81. The summed E-state index contributed by atoms with van der Waals surface area (Å²) in [6.07, 6.45) is 4.82. The molecule has 2 fully saturated rings. The average molecular weight is 314 g/mol. The third kappa shape index (κ3) is 2.45. The molecule has 0 unspecified atom stereocenters. The Morgan fingerprint density at radius 1 is 1.35 bits per heavy atom. The van der Waals surface area contributed by atoms with Crippen LogP contribution in [0.5, 0.6) is 0 Å². The highest BCUT2D eigenvalue weighted by molar-refractivity contribution is 5.86. The van der Waals surface area contributed by atoms with Gasteiger partial charge in [0.2, 0.25) is 0 Å². The van der Waals surface area contributed by atoms with Gasteiger partial charge in [0.05, 0.1) is 0 Å². The Balaban J connectivity index is 1.67. The quantitative estimate of drug-likeness (QED) is 0.451. The van der Waals surface area contributed by atoms with Gasteiger partial charge in [0.25, 0.3) is 0 Å². The highest BCUT2D eigenvalue weighted by Gasteiger charge is 2.72. The van der Waals surface area contributed by atoms with Crippen molar-refractivity contribution in [2.75, 3.05) is 0 Å². The monoisotopic (exact) mass is 314 g/mol. The fourth-order valence-electron chi connectivity index (χ4n) is 3.84. The molecular weight excluding hydrogens is 292 g/mol. The molecule has 23 heavy (non-hydrogen) atoms. The van der Waals surface area contributed by atoms with Crippen molar-refractivity contribution < 1.29 is 18.7 Å². The summed E-state index contributed by atoms with van der Waals surface area (Å²) in [5, 5.41) is 0. The number of hydrogen-bond acceptors (Lipinski definition) is 4. The fourth-order valence-corrected chi connectivity index (χ4v) is 3.84. The summed E-state index contributed by atoms with van der Waals surface area (Å²) in [4.78, 5) is 12.3. The van der Waals surface area contributed by atoms with Crippen molar-refractivity contribution in [1.29, 1.82) is 0 Å². The number of hydrogen-bond donors (Lipinski definition) is 0. The molecule has 0 saturated carbocycles. The molecule has 0 aromatic carbocycles. The molecule has 122 valence electrons. The largest absolute Gasteiger partial charge is 0.462 e. The fraction of sp³-hybridized carbons (Fsp3) is 0.526. The van der Waals surface area contributed by atoms with Gasteiger partial charge in [0.1, 0.15) is 23.7 Å². The van der Waals surface area contributed by atoms with Crippen LogP contribution in [-0.2, 0) is 20.7 Å². The predicted molar refractivity (Wildman–Crippen MR) is 85.7 cm³/mol. The molecular formula is C19H22O4. The summed E-state index contributed by atoms with van der Waals surface area (Å²) < 4.78 is 17.3. The van der Waals surface area contributed by atoms with Gasteiger partial charge >= 0.3 is 5.97 Å². The lowest BCUT2D eigenvalue weighted by Crippen LogP contribution is -2.24. The summed E-state index contributed by atoms with van der Waals surface area (Å²) >= 11 is 0. The van der Waals surface area contributed by atoms with E-state index in [9.17, 15) is 4.79 Å². The van der Waals surface area contributed by atoms with Gasteiger partial charge in [-0.25, -0.2) is 4.79 Å². The number of allylic oxidation sites excluding steroid dienone is 1. The van der Waals surface area contributed by atoms with Gasteiger partial charge in [-0.3, -0.25) is 0 Å². The van der Waals surface area contributed by atoms with Gasteiger partial charge in [-0.15, -0.1) is 0 Å². The van der Waals surface area contributed by atoms with E-state index in [4.69, 9.17) is 13.9 Å². The maximum absolute atomic E-state index is 12.3. The Kier molecular flexibility index (Phi) is 3.27. The summed E-state index contributed by atoms with van der Waals surface area (Å²) in [6, 6.07) is 4.03. The van der Waals surface area contributed by atoms with Crippen molar-refractivity contribution >= 4 is 12.0 Å². The zero-order chi connectivity index (χ0) is 16.2. The molecule has 4 rings (SSSR count). The Bertz CT molecular complexity index is 698. The van der Waals surface area contributed by atoms with Gasteiger partial charge in [0, 0.05) is 12.8 Å². The van der Waals surface area contributed by atoms with Crippen LogP contribution < -0.4 is 0 Å². The predicted octanol–water partition coefficient (Wildman–Crippen LogP) is 3.66. The van der Waals surface area contributed by atoms with E-state index in [0.29, 0.717) is 12.8 Å². The van der Waals surface area contributed by atoms with Crippen LogP contribution in [0.2, 0.25) is 0 Å². The van der Waals surface area contributed by atoms with Crippen molar-refractivity contribution in [2.45, 2.75) is 57.3 Å². The van der Waals surface area contributed by atoms with Crippen LogP contribution >= 0.6 is 0 Å². The van der Waals surface area contributed by atoms with E-state index < -0.39 is 5.60 Å². The van der Waals surface area contributed by atoms with E-state index in [1.165, 1.54) is 0 Å². The second kappa shape index (κ2) is 5.10. The lowest BCUT2D eigenvalue weighted by Gasteiger charge is -2.17. The molecule has 0 radical (unpaired) electrons. The van der Waals surface area contributed by atoms with E-state index >= 15 is 0 Å². The van der Waals surface area contributed by atoms with E-state index in [-0.39, 0.29) is 24.1 Å². The first kappa shape index (κ1) is 14.8. The second-order valence-electron chi connectivity index (χ2n) is 7.16.